The maximum atomic E-state index is 13.3. The molecule has 1 heterocycles. The standard InChI is InChI=1S/C25H27FN4O4/c1-29(2)23(31)15-34-21-12-7-16(13-22(21)33-3)14-27-25(32)24-19-5-4-6-20(19)30(28-24)18-10-8-17(26)9-11-18/h7-13H,4-6,14-15H2,1-3H3,(H,27,32). The van der Waals surface area contributed by atoms with E-state index >= 15 is 0 Å². The first-order chi connectivity index (χ1) is 16.4. The molecule has 2 amide bonds. The van der Waals surface area contributed by atoms with E-state index in [0.717, 1.165) is 41.8 Å². The zero-order valence-corrected chi connectivity index (χ0v) is 19.4. The molecule has 0 atom stereocenters. The average molecular weight is 467 g/mol. The van der Waals surface area contributed by atoms with Crippen LogP contribution in [0.1, 0.15) is 33.7 Å². The number of carbonyl (C=O) groups excluding carboxylic acids is 2. The van der Waals surface area contributed by atoms with Crippen molar-refractivity contribution in [1.29, 1.82) is 0 Å². The minimum absolute atomic E-state index is 0.0960. The summed E-state index contributed by atoms with van der Waals surface area (Å²) in [5.41, 5.74) is 3.87. The molecular formula is C25H27FN4O4. The van der Waals surface area contributed by atoms with Gasteiger partial charge in [-0.1, -0.05) is 6.07 Å². The first-order valence-electron chi connectivity index (χ1n) is 11.0. The summed E-state index contributed by atoms with van der Waals surface area (Å²) >= 11 is 0. The number of rotatable bonds is 8. The number of hydrogen-bond acceptors (Lipinski definition) is 5. The smallest absolute Gasteiger partial charge is 0.272 e. The number of ether oxygens (including phenoxy) is 2. The fraction of sp³-hybridized carbons (Fsp3) is 0.320. The second-order valence-electron chi connectivity index (χ2n) is 8.26. The van der Waals surface area contributed by atoms with E-state index in [4.69, 9.17) is 9.47 Å². The zero-order chi connectivity index (χ0) is 24.2. The molecule has 0 aliphatic heterocycles. The Kier molecular flexibility index (Phi) is 6.81. The highest BCUT2D eigenvalue weighted by atomic mass is 19.1. The van der Waals surface area contributed by atoms with Gasteiger partial charge >= 0.3 is 0 Å². The van der Waals surface area contributed by atoms with E-state index in [1.165, 1.54) is 24.1 Å². The van der Waals surface area contributed by atoms with Crippen molar-refractivity contribution in [2.24, 2.45) is 0 Å². The number of aromatic nitrogens is 2. The number of fused-ring (bicyclic) bond motifs is 1. The van der Waals surface area contributed by atoms with E-state index in [1.807, 2.05) is 0 Å². The summed E-state index contributed by atoms with van der Waals surface area (Å²) in [5.74, 6) is 0.172. The lowest BCUT2D eigenvalue weighted by molar-refractivity contribution is -0.130. The van der Waals surface area contributed by atoms with Crippen LogP contribution in [0.4, 0.5) is 4.39 Å². The molecule has 0 fully saturated rings. The fourth-order valence-corrected chi connectivity index (χ4v) is 3.89. The quantitative estimate of drug-likeness (QED) is 0.552. The first-order valence-corrected chi connectivity index (χ1v) is 11.0. The zero-order valence-electron chi connectivity index (χ0n) is 19.4. The Morgan fingerprint density at radius 2 is 1.88 bits per heavy atom. The number of hydrogen-bond donors (Lipinski definition) is 1. The van der Waals surface area contributed by atoms with E-state index in [-0.39, 0.29) is 30.8 Å². The van der Waals surface area contributed by atoms with E-state index in [2.05, 4.69) is 10.4 Å². The fourth-order valence-electron chi connectivity index (χ4n) is 3.89. The van der Waals surface area contributed by atoms with E-state index in [1.54, 1.807) is 49.1 Å². The van der Waals surface area contributed by atoms with Gasteiger partial charge < -0.3 is 19.7 Å². The third-order valence-electron chi connectivity index (χ3n) is 5.75. The molecule has 178 valence electrons. The first kappa shape index (κ1) is 23.3. The summed E-state index contributed by atoms with van der Waals surface area (Å²) in [5, 5.41) is 7.47. The highest BCUT2D eigenvalue weighted by Crippen LogP contribution is 2.29. The second-order valence-corrected chi connectivity index (χ2v) is 8.26. The predicted molar refractivity (Wildman–Crippen MR) is 124 cm³/mol. The molecule has 2 aromatic carbocycles. The highest BCUT2D eigenvalue weighted by molar-refractivity contribution is 5.94. The molecule has 9 heteroatoms. The molecule has 34 heavy (non-hydrogen) atoms. The van der Waals surface area contributed by atoms with Gasteiger partial charge in [-0.25, -0.2) is 9.07 Å². The van der Waals surface area contributed by atoms with Crippen LogP contribution in [-0.2, 0) is 24.2 Å². The van der Waals surface area contributed by atoms with Crippen LogP contribution >= 0.6 is 0 Å². The molecule has 8 nitrogen and oxygen atoms in total. The molecule has 0 saturated heterocycles. The summed E-state index contributed by atoms with van der Waals surface area (Å²) in [6.07, 6.45) is 2.55. The minimum atomic E-state index is -0.318. The number of likely N-dealkylation sites (N-methyl/N-ethyl adjacent to an activating group) is 1. The van der Waals surface area contributed by atoms with Crippen LogP contribution in [0, 0.1) is 5.82 Å². The predicted octanol–water partition coefficient (Wildman–Crippen LogP) is 2.91. The number of nitrogens with one attached hydrogen (secondary N) is 1. The Labute approximate surface area is 197 Å². The Balaban J connectivity index is 1.46. The number of benzene rings is 2. The van der Waals surface area contributed by atoms with Crippen molar-refractivity contribution in [3.8, 4) is 17.2 Å². The monoisotopic (exact) mass is 466 g/mol. The molecule has 0 saturated carbocycles. The lowest BCUT2D eigenvalue weighted by Crippen LogP contribution is -2.27. The van der Waals surface area contributed by atoms with Crippen molar-refractivity contribution >= 4 is 11.8 Å². The molecule has 1 aliphatic carbocycles. The Bertz CT molecular complexity index is 1200. The van der Waals surface area contributed by atoms with Gasteiger partial charge in [-0.3, -0.25) is 9.59 Å². The third-order valence-corrected chi connectivity index (χ3v) is 5.75. The van der Waals surface area contributed by atoms with E-state index in [0.29, 0.717) is 17.2 Å². The molecule has 3 aromatic rings. The lowest BCUT2D eigenvalue weighted by Gasteiger charge is -2.14. The van der Waals surface area contributed by atoms with Crippen LogP contribution < -0.4 is 14.8 Å². The average Bonchev–Trinajstić information content (AvgIpc) is 3.45. The van der Waals surface area contributed by atoms with Gasteiger partial charge in [-0.2, -0.15) is 5.10 Å². The Hall–Kier alpha value is -3.88. The van der Waals surface area contributed by atoms with Crippen LogP contribution in [-0.4, -0.2) is 54.3 Å². The normalized spacial score (nSPS) is 12.2. The van der Waals surface area contributed by atoms with Crippen molar-refractivity contribution in [2.45, 2.75) is 25.8 Å². The van der Waals surface area contributed by atoms with Crippen LogP contribution in [0.25, 0.3) is 5.69 Å². The van der Waals surface area contributed by atoms with Gasteiger partial charge in [0.2, 0.25) is 0 Å². The van der Waals surface area contributed by atoms with Gasteiger partial charge in [0.15, 0.2) is 23.8 Å². The maximum absolute atomic E-state index is 13.3. The largest absolute Gasteiger partial charge is 0.493 e. The second kappa shape index (κ2) is 9.94. The Morgan fingerprint density at radius 1 is 1.12 bits per heavy atom. The SMILES string of the molecule is COc1cc(CNC(=O)c2nn(-c3ccc(F)cc3)c3c2CCC3)ccc1OCC(=O)N(C)C. The molecular weight excluding hydrogens is 439 g/mol. The Morgan fingerprint density at radius 3 is 2.59 bits per heavy atom. The molecule has 1 aromatic heterocycles. The lowest BCUT2D eigenvalue weighted by atomic mass is 10.1. The number of carbonyl (C=O) groups is 2. The molecule has 0 spiro atoms. The molecule has 0 radical (unpaired) electrons. The van der Waals surface area contributed by atoms with Crippen molar-refractivity contribution < 1.29 is 23.5 Å². The van der Waals surface area contributed by atoms with Crippen LogP contribution in [0.5, 0.6) is 11.5 Å². The van der Waals surface area contributed by atoms with Crippen LogP contribution in [0.2, 0.25) is 0 Å². The summed E-state index contributed by atoms with van der Waals surface area (Å²) in [6, 6.07) is 11.4. The van der Waals surface area contributed by atoms with Gasteiger partial charge in [0.1, 0.15) is 5.82 Å². The van der Waals surface area contributed by atoms with Crippen molar-refractivity contribution in [3.63, 3.8) is 0 Å². The van der Waals surface area contributed by atoms with Crippen LogP contribution in [0.3, 0.4) is 0 Å². The molecule has 0 unspecified atom stereocenters. The molecule has 0 bridgehead atoms. The van der Waals surface area contributed by atoms with Crippen molar-refractivity contribution in [1.82, 2.24) is 20.0 Å². The number of halogens is 1. The highest BCUT2D eigenvalue weighted by Gasteiger charge is 2.27. The number of amides is 2. The van der Waals surface area contributed by atoms with Gasteiger partial charge in [-0.15, -0.1) is 0 Å². The topological polar surface area (TPSA) is 85.7 Å². The van der Waals surface area contributed by atoms with E-state index < -0.39 is 0 Å². The van der Waals surface area contributed by atoms with Gasteiger partial charge in [0.05, 0.1) is 12.8 Å². The van der Waals surface area contributed by atoms with Gasteiger partial charge in [0.25, 0.3) is 11.8 Å². The van der Waals surface area contributed by atoms with Gasteiger partial charge in [-0.05, 0) is 61.2 Å². The number of methoxy groups -OCH3 is 1. The van der Waals surface area contributed by atoms with Gasteiger partial charge in [0, 0.05) is 31.9 Å². The van der Waals surface area contributed by atoms with Crippen molar-refractivity contribution in [2.75, 3.05) is 27.8 Å². The molecule has 1 N–H and O–H groups in total. The van der Waals surface area contributed by atoms with Crippen molar-refractivity contribution in [3.05, 3.63) is 70.8 Å². The third kappa shape index (κ3) is 4.88. The summed E-state index contributed by atoms with van der Waals surface area (Å²) < 4.78 is 26.0. The summed E-state index contributed by atoms with van der Waals surface area (Å²) in [7, 11) is 4.84. The molecule has 4 rings (SSSR count). The summed E-state index contributed by atoms with van der Waals surface area (Å²) in [6.45, 7) is 0.172. The van der Waals surface area contributed by atoms with Crippen LogP contribution in [0.15, 0.2) is 42.5 Å². The molecule has 1 aliphatic rings. The van der Waals surface area contributed by atoms with E-state index in [9.17, 15) is 14.0 Å². The maximum Gasteiger partial charge on any atom is 0.272 e. The summed E-state index contributed by atoms with van der Waals surface area (Å²) in [4.78, 5) is 26.2. The number of nitrogens with zero attached hydrogens (tertiary/aromatic N) is 3. The minimum Gasteiger partial charge on any atom is -0.493 e.